The van der Waals surface area contributed by atoms with E-state index in [9.17, 15) is 13.2 Å². The number of carbonyl (C=O) groups is 1. The van der Waals surface area contributed by atoms with Gasteiger partial charge in [-0.15, -0.1) is 0 Å². The number of ether oxygens (including phenoxy) is 3. The Labute approximate surface area is 141 Å². The first-order chi connectivity index (χ1) is 11.0. The second-order valence-corrected chi connectivity index (χ2v) is 8.00. The second-order valence-electron chi connectivity index (χ2n) is 6.62. The molecule has 2 rings (SSSR count). The number of rotatable bonds is 6. The van der Waals surface area contributed by atoms with Crippen LogP contribution >= 0.6 is 0 Å². The van der Waals surface area contributed by atoms with Crippen LogP contribution in [0.3, 0.4) is 0 Å². The van der Waals surface area contributed by atoms with E-state index in [2.05, 4.69) is 4.72 Å². The van der Waals surface area contributed by atoms with Gasteiger partial charge in [0.1, 0.15) is 6.10 Å². The molecule has 2 aliphatic heterocycles. The summed E-state index contributed by atoms with van der Waals surface area (Å²) in [5.41, 5.74) is 0.653. The SMILES string of the molecule is C/C(=C\C(=O)O)C[C@@H]1OC[C@@H](CNS(N)(=O)=O)[C@H]2OC(C)(C)O[C@H]21. The molecule has 0 radical (unpaired) electrons. The number of hydrogen-bond donors (Lipinski definition) is 3. The number of nitrogens with one attached hydrogen (secondary N) is 1. The van der Waals surface area contributed by atoms with Crippen molar-refractivity contribution in [2.75, 3.05) is 13.2 Å². The second kappa shape index (κ2) is 7.06. The van der Waals surface area contributed by atoms with Crippen molar-refractivity contribution in [3.05, 3.63) is 11.6 Å². The van der Waals surface area contributed by atoms with Gasteiger partial charge in [-0.05, 0) is 27.2 Å². The minimum atomic E-state index is -3.80. The van der Waals surface area contributed by atoms with Crippen LogP contribution in [0.2, 0.25) is 0 Å². The summed E-state index contributed by atoms with van der Waals surface area (Å²) in [5, 5.41) is 13.8. The maximum Gasteiger partial charge on any atom is 0.328 e. The third kappa shape index (κ3) is 5.23. The van der Waals surface area contributed by atoms with Crippen molar-refractivity contribution in [3.63, 3.8) is 0 Å². The first-order valence-corrected chi connectivity index (χ1v) is 9.16. The molecule has 0 aromatic carbocycles. The molecule has 2 heterocycles. The summed E-state index contributed by atoms with van der Waals surface area (Å²) in [5.74, 6) is -2.10. The fraction of sp³-hybridized carbons (Fsp3) is 0.786. The molecule has 0 aliphatic carbocycles. The lowest BCUT2D eigenvalue weighted by atomic mass is 9.90. The standard InChI is InChI=1S/C14H24N2O7S/c1-8(5-11(17)18)4-10-13-12(22-14(2,3)23-13)9(7-21-10)6-16-24(15,19)20/h5,9-10,12-13,16H,4,6-7H2,1-3H3,(H,17,18)(H2,15,19,20)/b8-5+/t9-,10+,12-,13+/m1/s1. The molecule has 0 spiro atoms. The fourth-order valence-corrected chi connectivity index (χ4v) is 3.51. The smallest absolute Gasteiger partial charge is 0.328 e. The Bertz CT molecular complexity index is 617. The van der Waals surface area contributed by atoms with Crippen molar-refractivity contribution in [3.8, 4) is 0 Å². The molecule has 2 fully saturated rings. The first-order valence-electron chi connectivity index (χ1n) is 7.61. The highest BCUT2D eigenvalue weighted by atomic mass is 32.2. The zero-order valence-electron chi connectivity index (χ0n) is 13.9. The third-order valence-electron chi connectivity index (χ3n) is 3.96. The van der Waals surface area contributed by atoms with Crippen molar-refractivity contribution in [2.45, 2.75) is 51.3 Å². The molecule has 0 amide bonds. The van der Waals surface area contributed by atoms with Crippen LogP contribution in [0.15, 0.2) is 11.6 Å². The van der Waals surface area contributed by atoms with E-state index in [1.165, 1.54) is 0 Å². The van der Waals surface area contributed by atoms with Gasteiger partial charge in [-0.2, -0.15) is 8.42 Å². The fourth-order valence-electron chi connectivity index (χ4n) is 3.07. The quantitative estimate of drug-likeness (QED) is 0.552. The van der Waals surface area contributed by atoms with Crippen molar-refractivity contribution >= 4 is 16.2 Å². The van der Waals surface area contributed by atoms with Crippen LogP contribution in [-0.4, -0.2) is 56.7 Å². The number of carboxylic acid groups (broad SMARTS) is 1. The van der Waals surface area contributed by atoms with E-state index in [4.69, 9.17) is 24.5 Å². The molecule has 2 saturated heterocycles. The molecular formula is C14H24N2O7S. The molecule has 0 bridgehead atoms. The average Bonchev–Trinajstić information content (AvgIpc) is 2.71. The summed E-state index contributed by atoms with van der Waals surface area (Å²) >= 11 is 0. The molecule has 24 heavy (non-hydrogen) atoms. The predicted molar refractivity (Wildman–Crippen MR) is 84.2 cm³/mol. The molecule has 0 aromatic rings. The summed E-state index contributed by atoms with van der Waals surface area (Å²) in [6, 6.07) is 0. The van der Waals surface area contributed by atoms with Crippen LogP contribution < -0.4 is 9.86 Å². The van der Waals surface area contributed by atoms with Gasteiger partial charge < -0.3 is 19.3 Å². The summed E-state index contributed by atoms with van der Waals surface area (Å²) in [6.07, 6.45) is 0.373. The Kier molecular flexibility index (Phi) is 5.68. The van der Waals surface area contributed by atoms with Crippen LogP contribution in [0, 0.1) is 5.92 Å². The Morgan fingerprint density at radius 3 is 2.58 bits per heavy atom. The van der Waals surface area contributed by atoms with E-state index < -0.39 is 28.1 Å². The van der Waals surface area contributed by atoms with Crippen LogP contribution in [0.1, 0.15) is 27.2 Å². The molecule has 138 valence electrons. The molecule has 0 aromatic heterocycles. The molecule has 9 nitrogen and oxygen atoms in total. The van der Waals surface area contributed by atoms with Gasteiger partial charge in [0.25, 0.3) is 10.2 Å². The number of aliphatic carboxylic acids is 1. The van der Waals surface area contributed by atoms with Gasteiger partial charge >= 0.3 is 5.97 Å². The first kappa shape index (κ1) is 19.3. The topological polar surface area (TPSA) is 137 Å². The Balaban J connectivity index is 2.10. The van der Waals surface area contributed by atoms with E-state index >= 15 is 0 Å². The molecule has 4 atom stereocenters. The van der Waals surface area contributed by atoms with Gasteiger partial charge in [0, 0.05) is 18.5 Å². The van der Waals surface area contributed by atoms with Gasteiger partial charge in [0.15, 0.2) is 5.79 Å². The maximum atomic E-state index is 11.1. The Morgan fingerprint density at radius 2 is 2.00 bits per heavy atom. The minimum absolute atomic E-state index is 0.0795. The summed E-state index contributed by atoms with van der Waals surface area (Å²) in [7, 11) is -3.80. The molecule has 4 N–H and O–H groups in total. The van der Waals surface area contributed by atoms with Crippen molar-refractivity contribution < 1.29 is 32.5 Å². The summed E-state index contributed by atoms with van der Waals surface area (Å²) in [4.78, 5) is 10.8. The van der Waals surface area contributed by atoms with Gasteiger partial charge in [0.2, 0.25) is 0 Å². The van der Waals surface area contributed by atoms with Crippen LogP contribution in [0.25, 0.3) is 0 Å². The summed E-state index contributed by atoms with van der Waals surface area (Å²) < 4.78 is 42.1. The van der Waals surface area contributed by atoms with E-state index in [0.717, 1.165) is 6.08 Å². The van der Waals surface area contributed by atoms with Gasteiger partial charge in [-0.1, -0.05) is 5.57 Å². The van der Waals surface area contributed by atoms with Crippen LogP contribution in [-0.2, 0) is 29.2 Å². The summed E-state index contributed by atoms with van der Waals surface area (Å²) in [6.45, 7) is 5.59. The Morgan fingerprint density at radius 1 is 1.38 bits per heavy atom. The maximum absolute atomic E-state index is 11.1. The molecule has 0 saturated carbocycles. The lowest BCUT2D eigenvalue weighted by Gasteiger charge is -2.37. The highest BCUT2D eigenvalue weighted by Gasteiger charge is 2.51. The predicted octanol–water partition coefficient (Wildman–Crippen LogP) is -0.264. The largest absolute Gasteiger partial charge is 0.478 e. The van der Waals surface area contributed by atoms with E-state index in [-0.39, 0.29) is 31.3 Å². The van der Waals surface area contributed by atoms with Gasteiger partial charge in [-0.25, -0.2) is 14.7 Å². The monoisotopic (exact) mass is 364 g/mol. The van der Waals surface area contributed by atoms with E-state index in [1.807, 2.05) is 0 Å². The highest BCUT2D eigenvalue weighted by Crippen LogP contribution is 2.39. The van der Waals surface area contributed by atoms with Crippen LogP contribution in [0.5, 0.6) is 0 Å². The molecular weight excluding hydrogens is 340 g/mol. The van der Waals surface area contributed by atoms with Crippen molar-refractivity contribution in [2.24, 2.45) is 11.1 Å². The zero-order valence-corrected chi connectivity index (χ0v) is 14.7. The van der Waals surface area contributed by atoms with E-state index in [1.54, 1.807) is 20.8 Å². The highest BCUT2D eigenvalue weighted by molar-refractivity contribution is 7.87. The third-order valence-corrected chi connectivity index (χ3v) is 4.53. The van der Waals surface area contributed by atoms with Gasteiger partial charge in [0.05, 0.1) is 18.8 Å². The molecule has 2 aliphatic rings. The minimum Gasteiger partial charge on any atom is -0.478 e. The number of carboxylic acids is 1. The van der Waals surface area contributed by atoms with Crippen molar-refractivity contribution in [1.82, 2.24) is 4.72 Å². The van der Waals surface area contributed by atoms with Gasteiger partial charge in [-0.3, -0.25) is 0 Å². The zero-order chi connectivity index (χ0) is 18.1. The molecule has 0 unspecified atom stereocenters. The number of fused-ring (bicyclic) bond motifs is 1. The lowest BCUT2D eigenvalue weighted by Crippen LogP contribution is -2.52. The van der Waals surface area contributed by atoms with Crippen molar-refractivity contribution in [1.29, 1.82) is 0 Å². The number of hydrogen-bond acceptors (Lipinski definition) is 6. The van der Waals surface area contributed by atoms with E-state index in [0.29, 0.717) is 12.0 Å². The lowest BCUT2D eigenvalue weighted by molar-refractivity contribution is -0.153. The Hall–Kier alpha value is -1.04. The average molecular weight is 364 g/mol. The van der Waals surface area contributed by atoms with Crippen LogP contribution in [0.4, 0.5) is 0 Å². The molecule has 10 heteroatoms. The number of nitrogens with two attached hydrogens (primary N) is 1. The normalized spacial score (nSPS) is 33.2.